The second kappa shape index (κ2) is 7.45. The van der Waals surface area contributed by atoms with Gasteiger partial charge in [-0.25, -0.2) is 9.78 Å². The van der Waals surface area contributed by atoms with E-state index in [2.05, 4.69) is 17.2 Å². The van der Waals surface area contributed by atoms with Crippen LogP contribution in [-0.4, -0.2) is 41.7 Å². The molecule has 0 radical (unpaired) electrons. The van der Waals surface area contributed by atoms with Crippen LogP contribution < -0.4 is 5.32 Å². The number of rotatable bonds is 4. The zero-order valence-corrected chi connectivity index (χ0v) is 12.4. The summed E-state index contributed by atoms with van der Waals surface area (Å²) < 4.78 is 5.73. The molecule has 0 bridgehead atoms. The molecule has 1 aliphatic rings. The Morgan fingerprint density at radius 3 is 3.15 bits per heavy atom. The number of piperidine rings is 1. The number of urea groups is 1. The number of carbonyl (C=O) groups excluding carboxylic acids is 1. The number of nitrogens with one attached hydrogen (secondary N) is 1. The number of halogens is 1. The number of hydrogen-bond donors (Lipinski definition) is 1. The predicted octanol–water partition coefficient (Wildman–Crippen LogP) is 3.16. The van der Waals surface area contributed by atoms with E-state index in [4.69, 9.17) is 16.3 Å². The molecule has 6 heteroatoms. The number of carbonyl (C=O) groups is 1. The highest BCUT2D eigenvalue weighted by atomic mass is 35.5. The number of aromatic nitrogens is 1. The summed E-state index contributed by atoms with van der Waals surface area (Å²) >= 11 is 5.71. The minimum Gasteiger partial charge on any atom is -0.376 e. The zero-order valence-electron chi connectivity index (χ0n) is 11.6. The van der Waals surface area contributed by atoms with Crippen LogP contribution in [0.3, 0.4) is 0 Å². The highest BCUT2D eigenvalue weighted by molar-refractivity contribution is 6.29. The van der Waals surface area contributed by atoms with Gasteiger partial charge in [-0.15, -0.1) is 0 Å². The molecular weight excluding hydrogens is 278 g/mol. The molecule has 1 saturated heterocycles. The maximum Gasteiger partial charge on any atom is 0.321 e. The molecule has 2 heterocycles. The lowest BCUT2D eigenvalue weighted by atomic mass is 10.1. The van der Waals surface area contributed by atoms with E-state index < -0.39 is 0 Å². The van der Waals surface area contributed by atoms with Crippen molar-refractivity contribution in [3.63, 3.8) is 0 Å². The quantitative estimate of drug-likeness (QED) is 0.869. The van der Waals surface area contributed by atoms with E-state index in [1.54, 1.807) is 23.2 Å². The summed E-state index contributed by atoms with van der Waals surface area (Å²) in [4.78, 5) is 17.9. The van der Waals surface area contributed by atoms with Crippen LogP contribution in [0.1, 0.15) is 26.2 Å². The summed E-state index contributed by atoms with van der Waals surface area (Å²) in [6, 6.07) is 3.28. The Morgan fingerprint density at radius 2 is 2.45 bits per heavy atom. The molecule has 1 aliphatic heterocycles. The van der Waals surface area contributed by atoms with E-state index in [-0.39, 0.29) is 12.1 Å². The number of amides is 2. The summed E-state index contributed by atoms with van der Waals surface area (Å²) in [7, 11) is 0. The van der Waals surface area contributed by atoms with Crippen molar-refractivity contribution in [3.8, 4) is 0 Å². The van der Waals surface area contributed by atoms with E-state index >= 15 is 0 Å². The maximum atomic E-state index is 12.2. The summed E-state index contributed by atoms with van der Waals surface area (Å²) in [5, 5.41) is 3.24. The molecule has 110 valence electrons. The van der Waals surface area contributed by atoms with Crippen LogP contribution in [0, 0.1) is 0 Å². The number of hydrogen-bond acceptors (Lipinski definition) is 3. The third-order valence-electron chi connectivity index (χ3n) is 3.20. The van der Waals surface area contributed by atoms with Gasteiger partial charge in [0.05, 0.1) is 18.0 Å². The standard InChI is InChI=1S/C14H20ClN3O2/c1-2-8-20-12-4-3-7-18(10-12)14(19)17-11-5-6-13(15)16-9-11/h5-6,9,12H,2-4,7-8,10H2,1H3,(H,17,19)/t12-/m0/s1. The first kappa shape index (κ1) is 15.1. The fourth-order valence-corrected chi connectivity index (χ4v) is 2.31. The molecule has 0 aliphatic carbocycles. The van der Waals surface area contributed by atoms with Gasteiger partial charge < -0.3 is 15.0 Å². The Bertz CT molecular complexity index is 439. The maximum absolute atomic E-state index is 12.2. The molecular formula is C14H20ClN3O2. The van der Waals surface area contributed by atoms with E-state index in [0.717, 1.165) is 32.4 Å². The van der Waals surface area contributed by atoms with Crippen LogP contribution in [0.4, 0.5) is 10.5 Å². The molecule has 1 fully saturated rings. The van der Waals surface area contributed by atoms with Crippen LogP contribution >= 0.6 is 11.6 Å². The molecule has 0 unspecified atom stereocenters. The van der Waals surface area contributed by atoms with Crippen molar-refractivity contribution in [1.82, 2.24) is 9.88 Å². The average Bonchev–Trinajstić information content (AvgIpc) is 2.48. The Balaban J connectivity index is 1.86. The number of likely N-dealkylation sites (tertiary alicyclic amines) is 1. The van der Waals surface area contributed by atoms with Crippen molar-refractivity contribution in [2.45, 2.75) is 32.3 Å². The predicted molar refractivity (Wildman–Crippen MR) is 79.1 cm³/mol. The molecule has 0 spiro atoms. The lowest BCUT2D eigenvalue weighted by Crippen LogP contribution is -2.45. The summed E-state index contributed by atoms with van der Waals surface area (Å²) in [5.74, 6) is 0. The molecule has 1 aromatic heterocycles. The molecule has 1 atom stereocenters. The van der Waals surface area contributed by atoms with Gasteiger partial charge >= 0.3 is 6.03 Å². The topological polar surface area (TPSA) is 54.5 Å². The minimum atomic E-state index is -0.112. The van der Waals surface area contributed by atoms with E-state index in [1.165, 1.54) is 0 Å². The lowest BCUT2D eigenvalue weighted by Gasteiger charge is -2.32. The Kier molecular flexibility index (Phi) is 5.61. The Hall–Kier alpha value is -1.33. The van der Waals surface area contributed by atoms with Gasteiger partial charge in [0.2, 0.25) is 0 Å². The molecule has 2 amide bonds. The molecule has 1 aromatic rings. The largest absolute Gasteiger partial charge is 0.376 e. The second-order valence-electron chi connectivity index (χ2n) is 4.88. The SMILES string of the molecule is CCCO[C@H]1CCCN(C(=O)Nc2ccc(Cl)nc2)C1. The average molecular weight is 298 g/mol. The van der Waals surface area contributed by atoms with Crippen molar-refractivity contribution in [2.75, 3.05) is 25.0 Å². The van der Waals surface area contributed by atoms with E-state index in [1.807, 2.05) is 0 Å². The van der Waals surface area contributed by atoms with Crippen molar-refractivity contribution in [2.24, 2.45) is 0 Å². The number of pyridine rings is 1. The Morgan fingerprint density at radius 1 is 1.60 bits per heavy atom. The number of anilines is 1. The van der Waals surface area contributed by atoms with Gasteiger partial charge in [-0.3, -0.25) is 0 Å². The van der Waals surface area contributed by atoms with Crippen molar-refractivity contribution >= 4 is 23.3 Å². The van der Waals surface area contributed by atoms with Crippen molar-refractivity contribution in [1.29, 1.82) is 0 Å². The third kappa shape index (κ3) is 4.35. The molecule has 2 rings (SSSR count). The van der Waals surface area contributed by atoms with E-state index in [9.17, 15) is 4.79 Å². The summed E-state index contributed by atoms with van der Waals surface area (Å²) in [5.41, 5.74) is 0.649. The highest BCUT2D eigenvalue weighted by Gasteiger charge is 2.24. The normalized spacial score (nSPS) is 18.9. The van der Waals surface area contributed by atoms with Gasteiger partial charge in [-0.1, -0.05) is 18.5 Å². The van der Waals surface area contributed by atoms with Crippen LogP contribution in [0.2, 0.25) is 5.15 Å². The number of ether oxygens (including phenoxy) is 1. The van der Waals surface area contributed by atoms with Gasteiger partial charge in [0, 0.05) is 19.7 Å². The van der Waals surface area contributed by atoms with Crippen molar-refractivity contribution < 1.29 is 9.53 Å². The van der Waals surface area contributed by atoms with Gasteiger partial charge in [-0.05, 0) is 31.4 Å². The van der Waals surface area contributed by atoms with Gasteiger partial charge in [0.15, 0.2) is 0 Å². The molecule has 0 saturated carbocycles. The molecule has 1 N–H and O–H groups in total. The van der Waals surface area contributed by atoms with Crippen LogP contribution in [0.5, 0.6) is 0 Å². The summed E-state index contributed by atoms with van der Waals surface area (Å²) in [6.07, 6.45) is 4.69. The first-order chi connectivity index (χ1) is 9.69. The first-order valence-electron chi connectivity index (χ1n) is 6.98. The van der Waals surface area contributed by atoms with Crippen LogP contribution in [0.15, 0.2) is 18.3 Å². The lowest BCUT2D eigenvalue weighted by molar-refractivity contribution is 0.0115. The van der Waals surface area contributed by atoms with Gasteiger partial charge in [-0.2, -0.15) is 0 Å². The van der Waals surface area contributed by atoms with Crippen molar-refractivity contribution in [3.05, 3.63) is 23.5 Å². The third-order valence-corrected chi connectivity index (χ3v) is 3.43. The fraction of sp³-hybridized carbons (Fsp3) is 0.571. The zero-order chi connectivity index (χ0) is 14.4. The first-order valence-corrected chi connectivity index (χ1v) is 7.36. The minimum absolute atomic E-state index is 0.112. The Labute approximate surface area is 124 Å². The smallest absolute Gasteiger partial charge is 0.321 e. The van der Waals surface area contributed by atoms with E-state index in [0.29, 0.717) is 17.4 Å². The highest BCUT2D eigenvalue weighted by Crippen LogP contribution is 2.16. The monoisotopic (exact) mass is 297 g/mol. The molecule has 0 aromatic carbocycles. The van der Waals surface area contributed by atoms with Gasteiger partial charge in [0.25, 0.3) is 0 Å². The molecule has 5 nitrogen and oxygen atoms in total. The molecule has 20 heavy (non-hydrogen) atoms. The summed E-state index contributed by atoms with van der Waals surface area (Å²) in [6.45, 7) is 4.24. The number of nitrogens with zero attached hydrogens (tertiary/aromatic N) is 2. The second-order valence-corrected chi connectivity index (χ2v) is 5.27. The van der Waals surface area contributed by atoms with Crippen LogP contribution in [-0.2, 0) is 4.74 Å². The van der Waals surface area contributed by atoms with Crippen LogP contribution in [0.25, 0.3) is 0 Å². The fourth-order valence-electron chi connectivity index (χ4n) is 2.20. The van der Waals surface area contributed by atoms with Gasteiger partial charge in [0.1, 0.15) is 5.15 Å².